The molecule has 0 N–H and O–H groups in total. The lowest BCUT2D eigenvalue weighted by molar-refractivity contribution is -0.0546. The maximum atomic E-state index is 13.9. The number of rotatable bonds is 2. The van der Waals surface area contributed by atoms with Gasteiger partial charge in [-0.2, -0.15) is 38.4 Å². The Morgan fingerprint density at radius 3 is 1.96 bits per heavy atom. The molecule has 1 aliphatic rings. The maximum Gasteiger partial charge on any atom is 0.523 e. The molecule has 1 aromatic carbocycles. The van der Waals surface area contributed by atoms with Gasteiger partial charge in [-0.15, -0.1) is 0 Å². The molecule has 0 fully saturated rings. The highest BCUT2D eigenvalue weighted by Crippen LogP contribution is 2.78. The average Bonchev–Trinajstić information content (AvgIpc) is 2.68. The van der Waals surface area contributed by atoms with Crippen molar-refractivity contribution in [3.8, 4) is 0 Å². The second kappa shape index (κ2) is 5.90. The monoisotopic (exact) mass is 422 g/mol. The van der Waals surface area contributed by atoms with Gasteiger partial charge in [-0.3, -0.25) is 0 Å². The van der Waals surface area contributed by atoms with Gasteiger partial charge in [0.05, 0.1) is 0 Å². The first-order valence-corrected chi connectivity index (χ1v) is 10.1. The van der Waals surface area contributed by atoms with Gasteiger partial charge < -0.3 is 0 Å². The third-order valence-electron chi connectivity index (χ3n) is 3.80. The van der Waals surface area contributed by atoms with Gasteiger partial charge in [-0.05, 0) is 35.6 Å². The van der Waals surface area contributed by atoms with Crippen molar-refractivity contribution < 1.29 is 38.4 Å². The molecule has 0 radical (unpaired) electrons. The highest BCUT2D eigenvalue weighted by atomic mass is 32.3. The molecule has 148 valence electrons. The Morgan fingerprint density at radius 2 is 1.54 bits per heavy atom. The summed E-state index contributed by atoms with van der Waals surface area (Å²) in [6.45, 7) is 6.05. The molecule has 26 heavy (non-hydrogen) atoms. The van der Waals surface area contributed by atoms with E-state index < -0.39 is 46.7 Å². The van der Waals surface area contributed by atoms with Crippen molar-refractivity contribution in [1.82, 2.24) is 0 Å². The van der Waals surface area contributed by atoms with Gasteiger partial charge in [0.25, 0.3) is 0 Å². The second-order valence-electron chi connectivity index (χ2n) is 6.73. The van der Waals surface area contributed by atoms with E-state index in [0.29, 0.717) is 5.56 Å². The van der Waals surface area contributed by atoms with Crippen LogP contribution in [0.3, 0.4) is 0 Å². The van der Waals surface area contributed by atoms with Crippen LogP contribution >= 0.6 is 10.3 Å². The van der Waals surface area contributed by atoms with Crippen LogP contribution in [0, 0.1) is 0 Å². The van der Waals surface area contributed by atoms with Gasteiger partial charge in [0.1, 0.15) is 0 Å². The zero-order chi connectivity index (χ0) is 20.3. The van der Waals surface area contributed by atoms with Crippen molar-refractivity contribution in [2.45, 2.75) is 49.0 Å². The predicted octanol–water partition coefficient (Wildman–Crippen LogP) is 5.82. The summed E-state index contributed by atoms with van der Waals surface area (Å²) in [6.07, 6.45) is 1.01. The highest BCUT2D eigenvalue weighted by molar-refractivity contribution is 8.36. The number of benzene rings is 1. The molecule has 0 saturated heterocycles. The van der Waals surface area contributed by atoms with Gasteiger partial charge in [-0.1, -0.05) is 32.9 Å². The number of halogens is 6. The molecule has 3 nitrogen and oxygen atoms in total. The van der Waals surface area contributed by atoms with Crippen LogP contribution in [0.5, 0.6) is 0 Å². The van der Waals surface area contributed by atoms with E-state index in [4.69, 9.17) is 0 Å². The van der Waals surface area contributed by atoms with E-state index >= 15 is 0 Å². The first-order chi connectivity index (χ1) is 11.4. The lowest BCUT2D eigenvalue weighted by Crippen LogP contribution is -2.32. The molecular weight excluding hydrogens is 406 g/mol. The van der Waals surface area contributed by atoms with Gasteiger partial charge in [0.15, 0.2) is 0 Å². The topological polar surface area (TPSA) is 43.4 Å². The third-order valence-corrected chi connectivity index (χ3v) is 8.55. The summed E-state index contributed by atoms with van der Waals surface area (Å²) in [7, 11) is -11.4. The lowest BCUT2D eigenvalue weighted by atomic mass is 9.86. The molecule has 1 heterocycles. The van der Waals surface area contributed by atoms with Gasteiger partial charge in [-0.25, -0.2) is 0 Å². The second-order valence-corrected chi connectivity index (χ2v) is 11.3. The smallest absolute Gasteiger partial charge is 0.196 e. The van der Waals surface area contributed by atoms with E-state index in [1.807, 2.05) is 0 Å². The van der Waals surface area contributed by atoms with E-state index in [1.54, 1.807) is 26.8 Å². The summed E-state index contributed by atoms with van der Waals surface area (Å²) in [5.74, 6) is 0. The van der Waals surface area contributed by atoms with Crippen molar-refractivity contribution >= 4 is 26.5 Å². The van der Waals surface area contributed by atoms with Crippen LogP contribution in [0.1, 0.15) is 38.8 Å². The molecule has 0 spiro atoms. The Labute approximate surface area is 148 Å². The van der Waals surface area contributed by atoms with Crippen molar-refractivity contribution in [2.75, 3.05) is 0 Å². The van der Waals surface area contributed by atoms with E-state index in [0.717, 1.165) is 19.1 Å². The van der Waals surface area contributed by atoms with Crippen LogP contribution in [0.15, 0.2) is 28.0 Å². The van der Waals surface area contributed by atoms with Crippen molar-refractivity contribution in [2.24, 2.45) is 0 Å². The lowest BCUT2D eigenvalue weighted by Gasteiger charge is -2.38. The van der Waals surface area contributed by atoms with Gasteiger partial charge >= 0.3 is 21.1 Å². The van der Waals surface area contributed by atoms with Crippen molar-refractivity contribution in [1.29, 1.82) is 0 Å². The summed E-state index contributed by atoms with van der Waals surface area (Å²) >= 11 is 0. The van der Waals surface area contributed by atoms with Gasteiger partial charge in [0, 0.05) is 20.1 Å². The largest absolute Gasteiger partial charge is 0.523 e. The minimum atomic E-state index is -6.47. The number of allylic oxidation sites excluding steroid dienone is 1. The fourth-order valence-electron chi connectivity index (χ4n) is 2.45. The third kappa shape index (κ3) is 3.24. The Balaban J connectivity index is 2.80. The SMILES string of the molecule is CC1=Cc2ccc(C(C)(C)C)cc2S1(OS(=O)(=O)C(F)(F)F)C(F)(F)F. The van der Waals surface area contributed by atoms with Crippen LogP contribution < -0.4 is 0 Å². The summed E-state index contributed by atoms with van der Waals surface area (Å²) in [4.78, 5) is -1.21. The summed E-state index contributed by atoms with van der Waals surface area (Å²) < 4.78 is 107. The zero-order valence-corrected chi connectivity index (χ0v) is 15.8. The fourth-order valence-corrected chi connectivity index (χ4v) is 6.87. The van der Waals surface area contributed by atoms with Crippen LogP contribution in [0.25, 0.3) is 6.08 Å². The predicted molar refractivity (Wildman–Crippen MR) is 86.8 cm³/mol. The molecule has 2 rings (SSSR count). The maximum absolute atomic E-state index is 13.9. The Kier molecular flexibility index (Phi) is 4.79. The first kappa shape index (κ1) is 21.1. The molecule has 0 amide bonds. The molecule has 1 atom stereocenters. The molecular formula is C15H16F6O3S2. The van der Waals surface area contributed by atoms with Crippen molar-refractivity contribution in [3.05, 3.63) is 34.2 Å². The molecule has 0 saturated carbocycles. The quantitative estimate of drug-likeness (QED) is 0.445. The molecule has 1 aromatic rings. The zero-order valence-electron chi connectivity index (χ0n) is 14.1. The van der Waals surface area contributed by atoms with Crippen LogP contribution in [0.2, 0.25) is 0 Å². The van der Waals surface area contributed by atoms with E-state index in [-0.39, 0.29) is 5.56 Å². The number of hydrogen-bond donors (Lipinski definition) is 0. The number of fused-ring (bicyclic) bond motifs is 1. The van der Waals surface area contributed by atoms with E-state index in [2.05, 4.69) is 3.63 Å². The van der Waals surface area contributed by atoms with Crippen LogP contribution in [0.4, 0.5) is 26.3 Å². The number of alkyl halides is 6. The van der Waals surface area contributed by atoms with Crippen LogP contribution in [-0.4, -0.2) is 19.4 Å². The van der Waals surface area contributed by atoms with Crippen LogP contribution in [-0.2, 0) is 19.2 Å². The minimum Gasteiger partial charge on any atom is -0.196 e. The molecule has 0 aromatic heterocycles. The van der Waals surface area contributed by atoms with E-state index in [1.165, 1.54) is 6.07 Å². The average molecular weight is 422 g/mol. The Bertz CT molecular complexity index is 863. The standard InChI is InChI=1S/C15H16F6O3S2/c1-9-7-10-5-6-11(13(2,3)4)8-12(10)25(9,14(16,17)18)24-26(22,23)15(19,20)21/h5-8H,1-4H3. The normalized spacial score (nSPS) is 24.0. The summed E-state index contributed by atoms with van der Waals surface area (Å²) in [6, 6.07) is 3.95. The Hall–Kier alpha value is -1.20. The molecule has 0 bridgehead atoms. The summed E-state index contributed by atoms with van der Waals surface area (Å²) in [5, 5.41) is 0. The fraction of sp³-hybridized carbons (Fsp3) is 0.467. The summed E-state index contributed by atoms with van der Waals surface area (Å²) in [5.41, 5.74) is -11.5. The highest BCUT2D eigenvalue weighted by Gasteiger charge is 2.63. The van der Waals surface area contributed by atoms with Crippen molar-refractivity contribution in [3.63, 3.8) is 0 Å². The first-order valence-electron chi connectivity index (χ1n) is 7.18. The molecule has 1 aliphatic heterocycles. The van der Waals surface area contributed by atoms with Gasteiger partial charge in [0.2, 0.25) is 0 Å². The molecule has 0 aliphatic carbocycles. The number of hydrogen-bond acceptors (Lipinski definition) is 3. The molecule has 11 heteroatoms. The Morgan fingerprint density at radius 1 is 1.00 bits per heavy atom. The molecule has 1 unspecified atom stereocenters. The van der Waals surface area contributed by atoms with E-state index in [9.17, 15) is 34.8 Å². The minimum absolute atomic E-state index is 0.0137.